The van der Waals surface area contributed by atoms with Crippen LogP contribution >= 0.6 is 0 Å². The van der Waals surface area contributed by atoms with Crippen LogP contribution in [0.4, 0.5) is 0 Å². The van der Waals surface area contributed by atoms with Crippen LogP contribution in [-0.4, -0.2) is 17.2 Å². The van der Waals surface area contributed by atoms with Crippen molar-refractivity contribution in [3.63, 3.8) is 0 Å². The Morgan fingerprint density at radius 1 is 1.05 bits per heavy atom. The van der Waals surface area contributed by atoms with Gasteiger partial charge in [0.05, 0.1) is 0 Å². The number of carbonyl (C=O) groups excluding carboxylic acids is 1. The summed E-state index contributed by atoms with van der Waals surface area (Å²) in [5, 5.41) is 12.0. The summed E-state index contributed by atoms with van der Waals surface area (Å²) in [7, 11) is 0. The predicted molar refractivity (Wildman–Crippen MR) is 89.7 cm³/mol. The van der Waals surface area contributed by atoms with Crippen molar-refractivity contribution in [2.75, 3.05) is 0 Å². The lowest BCUT2D eigenvalue weighted by atomic mass is 10.2. The molecule has 0 fully saturated rings. The monoisotopic (exact) mass is 291 g/mol. The highest BCUT2D eigenvalue weighted by Crippen LogP contribution is 1.98. The lowest BCUT2D eigenvalue weighted by molar-refractivity contribution is -0.120. The molecule has 0 bridgehead atoms. The zero-order valence-electron chi connectivity index (χ0n) is 13.5. The van der Waals surface area contributed by atoms with Gasteiger partial charge in [0.2, 0.25) is 5.91 Å². The van der Waals surface area contributed by atoms with Gasteiger partial charge in [-0.3, -0.25) is 4.79 Å². The molecule has 0 spiro atoms. The van der Waals surface area contributed by atoms with E-state index in [1.807, 2.05) is 26.0 Å². The fourth-order valence-electron chi connectivity index (χ4n) is 1.43. The summed E-state index contributed by atoms with van der Waals surface area (Å²) in [6.07, 6.45) is 18.9. The maximum Gasteiger partial charge on any atom is 0.245 e. The Kier molecular flexibility index (Phi) is 12.4. The van der Waals surface area contributed by atoms with Crippen molar-refractivity contribution in [2.24, 2.45) is 5.92 Å². The van der Waals surface area contributed by atoms with Crippen LogP contribution in [0.3, 0.4) is 0 Å². The molecule has 2 N–H and O–H groups in total. The quantitative estimate of drug-likeness (QED) is 0.211. The Balaban J connectivity index is 3.73. The molecule has 1 amide bonds. The molecule has 0 saturated heterocycles. The molecule has 0 radical (unpaired) electrons. The van der Waals surface area contributed by atoms with E-state index in [4.69, 9.17) is 0 Å². The maximum absolute atomic E-state index is 11.4. The molecule has 21 heavy (non-hydrogen) atoms. The number of hydrogen-bond donors (Lipinski definition) is 2. The van der Waals surface area contributed by atoms with E-state index in [2.05, 4.69) is 36.5 Å². The van der Waals surface area contributed by atoms with Gasteiger partial charge in [-0.1, -0.05) is 63.3 Å². The van der Waals surface area contributed by atoms with Gasteiger partial charge in [-0.25, -0.2) is 0 Å². The second kappa shape index (κ2) is 13.4. The molecule has 0 aromatic heterocycles. The van der Waals surface area contributed by atoms with E-state index < -0.39 is 6.23 Å². The molecule has 0 aliphatic rings. The third kappa shape index (κ3) is 13.1. The van der Waals surface area contributed by atoms with Crippen LogP contribution in [0.25, 0.3) is 0 Å². The summed E-state index contributed by atoms with van der Waals surface area (Å²) in [6, 6.07) is 0. The first kappa shape index (κ1) is 19.4. The van der Waals surface area contributed by atoms with Crippen LogP contribution in [0.5, 0.6) is 0 Å². The van der Waals surface area contributed by atoms with E-state index in [0.29, 0.717) is 0 Å². The Hall–Kier alpha value is -1.61. The summed E-state index contributed by atoms with van der Waals surface area (Å²) in [5.74, 6) is -0.264. The molecule has 0 aliphatic heterocycles. The molecule has 3 heteroatoms. The molecular weight excluding hydrogens is 262 g/mol. The van der Waals surface area contributed by atoms with Gasteiger partial charge < -0.3 is 10.4 Å². The first-order chi connectivity index (χ1) is 10.1. The van der Waals surface area contributed by atoms with Gasteiger partial charge in [-0.15, -0.1) is 0 Å². The molecule has 0 aromatic rings. The van der Waals surface area contributed by atoms with E-state index in [1.165, 1.54) is 6.08 Å². The molecule has 0 saturated carbocycles. The number of carbonyl (C=O) groups is 1. The standard InChI is InChI=1S/C18H29NO2/c1-4-5-6-7-8-9-10-11-12-13-14-15-17(20)19-18(21)16(2)3/h5-6,8-9,12-16,18,21H,4,7,10-11H2,1-3H3,(H,19,20)/b6-5+,9-8-,13-12+,15-14+/t18-/m0/s1. The average Bonchev–Trinajstić information content (AvgIpc) is 2.44. The molecule has 0 rings (SSSR count). The van der Waals surface area contributed by atoms with Crippen molar-refractivity contribution >= 4 is 5.91 Å². The van der Waals surface area contributed by atoms with Crippen molar-refractivity contribution in [1.82, 2.24) is 5.32 Å². The largest absolute Gasteiger partial charge is 0.373 e. The van der Waals surface area contributed by atoms with Crippen molar-refractivity contribution in [3.8, 4) is 0 Å². The van der Waals surface area contributed by atoms with Crippen LogP contribution in [-0.2, 0) is 4.79 Å². The van der Waals surface area contributed by atoms with Crippen LogP contribution in [0.1, 0.15) is 46.5 Å². The van der Waals surface area contributed by atoms with Crippen molar-refractivity contribution < 1.29 is 9.90 Å². The minimum Gasteiger partial charge on any atom is -0.373 e. The number of aliphatic hydroxyl groups is 1. The number of nitrogens with one attached hydrogen (secondary N) is 1. The van der Waals surface area contributed by atoms with Gasteiger partial charge in [0.1, 0.15) is 6.23 Å². The molecule has 118 valence electrons. The average molecular weight is 291 g/mol. The summed E-state index contributed by atoms with van der Waals surface area (Å²) in [4.78, 5) is 11.4. The SMILES string of the molecule is CC/C=C/C/C=C\CC/C=C/C=C/C(=O)N[C@@H](O)C(C)C. The first-order valence-electron chi connectivity index (χ1n) is 7.69. The minimum atomic E-state index is -0.793. The van der Waals surface area contributed by atoms with Gasteiger partial charge in [-0.2, -0.15) is 0 Å². The van der Waals surface area contributed by atoms with Crippen molar-refractivity contribution in [3.05, 3.63) is 48.6 Å². The predicted octanol–water partition coefficient (Wildman–Crippen LogP) is 3.88. The molecule has 0 aliphatic carbocycles. The summed E-state index contributed by atoms with van der Waals surface area (Å²) >= 11 is 0. The van der Waals surface area contributed by atoms with Crippen LogP contribution in [0.15, 0.2) is 48.6 Å². The number of unbranched alkanes of at least 4 members (excludes halogenated alkanes) is 1. The second-order valence-corrected chi connectivity index (χ2v) is 5.15. The van der Waals surface area contributed by atoms with Crippen LogP contribution < -0.4 is 5.32 Å². The fourth-order valence-corrected chi connectivity index (χ4v) is 1.43. The third-order valence-corrected chi connectivity index (χ3v) is 2.76. The molecule has 1 atom stereocenters. The van der Waals surface area contributed by atoms with Gasteiger partial charge in [0.25, 0.3) is 0 Å². The van der Waals surface area contributed by atoms with Crippen molar-refractivity contribution in [2.45, 2.75) is 52.7 Å². The normalized spacial score (nSPS) is 14.1. The summed E-state index contributed by atoms with van der Waals surface area (Å²) in [6.45, 7) is 5.82. The fraction of sp³-hybridized carbons (Fsp3) is 0.500. The highest BCUT2D eigenvalue weighted by atomic mass is 16.3. The minimum absolute atomic E-state index is 0.0110. The Morgan fingerprint density at radius 3 is 2.38 bits per heavy atom. The number of amides is 1. The molecule has 0 aromatic carbocycles. The first-order valence-corrected chi connectivity index (χ1v) is 7.69. The van der Waals surface area contributed by atoms with Gasteiger partial charge >= 0.3 is 0 Å². The number of hydrogen-bond acceptors (Lipinski definition) is 2. The lowest BCUT2D eigenvalue weighted by Gasteiger charge is -2.14. The zero-order valence-corrected chi connectivity index (χ0v) is 13.5. The smallest absolute Gasteiger partial charge is 0.245 e. The summed E-state index contributed by atoms with van der Waals surface area (Å²) < 4.78 is 0. The van der Waals surface area contributed by atoms with Crippen LogP contribution in [0, 0.1) is 5.92 Å². The Labute approximate surface area is 129 Å². The Morgan fingerprint density at radius 2 is 1.71 bits per heavy atom. The topological polar surface area (TPSA) is 49.3 Å². The van der Waals surface area contributed by atoms with Gasteiger partial charge in [0.15, 0.2) is 0 Å². The van der Waals surface area contributed by atoms with E-state index >= 15 is 0 Å². The lowest BCUT2D eigenvalue weighted by Crippen LogP contribution is -2.37. The van der Waals surface area contributed by atoms with Crippen LogP contribution in [0.2, 0.25) is 0 Å². The highest BCUT2D eigenvalue weighted by Gasteiger charge is 2.09. The maximum atomic E-state index is 11.4. The molecular formula is C18H29NO2. The van der Waals surface area contributed by atoms with Gasteiger partial charge in [0, 0.05) is 6.08 Å². The second-order valence-electron chi connectivity index (χ2n) is 5.15. The van der Waals surface area contributed by atoms with Gasteiger partial charge in [-0.05, 0) is 31.6 Å². The zero-order chi connectivity index (χ0) is 15.9. The summed E-state index contributed by atoms with van der Waals surface area (Å²) in [5.41, 5.74) is 0. The number of aliphatic hydroxyl groups excluding tert-OH is 1. The van der Waals surface area contributed by atoms with Crippen molar-refractivity contribution in [1.29, 1.82) is 0 Å². The van der Waals surface area contributed by atoms with E-state index in [9.17, 15) is 9.90 Å². The molecule has 0 unspecified atom stereocenters. The number of rotatable bonds is 10. The van der Waals surface area contributed by atoms with E-state index in [1.54, 1.807) is 6.08 Å². The van der Waals surface area contributed by atoms with E-state index in [-0.39, 0.29) is 11.8 Å². The van der Waals surface area contributed by atoms with E-state index in [0.717, 1.165) is 25.7 Å². The Bertz CT molecular complexity index is 379. The molecule has 3 nitrogen and oxygen atoms in total. The number of allylic oxidation sites excluding steroid dienone is 7. The molecule has 0 heterocycles. The third-order valence-electron chi connectivity index (χ3n) is 2.76. The highest BCUT2D eigenvalue weighted by molar-refractivity contribution is 5.87.